The second-order valence-corrected chi connectivity index (χ2v) is 11.6. The molecule has 1 aromatic rings. The molecule has 3 rings (SSSR count). The number of thiophene rings is 1. The Morgan fingerprint density at radius 1 is 1.41 bits per heavy atom. The first-order valence-corrected chi connectivity index (χ1v) is 12.8. The number of hydrogen-bond acceptors (Lipinski definition) is 6. The molecule has 3 heterocycles. The fourth-order valence-electron chi connectivity index (χ4n) is 3.74. The van der Waals surface area contributed by atoms with Gasteiger partial charge in [-0.15, -0.1) is 11.3 Å². The van der Waals surface area contributed by atoms with Crippen molar-refractivity contribution in [3.05, 3.63) is 26.4 Å². The van der Waals surface area contributed by atoms with Gasteiger partial charge in [0.2, 0.25) is 11.9 Å². The molecule has 0 aliphatic carbocycles. The molecule has 2 aliphatic heterocycles. The maximum Gasteiger partial charge on any atom is 0.234 e. The molecule has 2 atom stereocenters. The molecule has 1 aromatic heterocycles. The fourth-order valence-corrected chi connectivity index (χ4v) is 5.21. The zero-order chi connectivity index (χ0) is 25.0. The Kier molecular flexibility index (Phi) is 8.92. The summed E-state index contributed by atoms with van der Waals surface area (Å²) in [6.07, 6.45) is 0.842. The van der Waals surface area contributed by atoms with Crippen LogP contribution in [0.4, 0.5) is 0 Å². The maximum atomic E-state index is 12.5. The number of carbonyl (C=O) groups is 1. The highest BCUT2D eigenvalue weighted by Crippen LogP contribution is 2.40. The Balaban J connectivity index is 1.69. The Labute approximate surface area is 211 Å². The summed E-state index contributed by atoms with van der Waals surface area (Å²) in [5, 5.41) is 17.7. The van der Waals surface area contributed by atoms with E-state index in [1.807, 2.05) is 13.0 Å². The van der Waals surface area contributed by atoms with Crippen molar-refractivity contribution in [2.75, 3.05) is 19.8 Å². The average molecular weight is 510 g/mol. The van der Waals surface area contributed by atoms with Crippen LogP contribution in [0, 0.1) is 5.41 Å². The first-order valence-electron chi connectivity index (χ1n) is 11.6. The minimum Gasteiger partial charge on any atom is -0.381 e. The third kappa shape index (κ3) is 6.66. The number of nitrogens with zero attached hydrogens (tertiary/aromatic N) is 3. The standard InChI is InChI=1S/C24H36ClN5O3S/c1-14(25)21(29-23(26-6)28-16-7-9-33-10-8-16)18-11-17-19(34-18)12-30(22(17)32)13-20(31)27-15(2)24(3,4)5/h11,15-16,22,32H,6-10,12-13H2,1-5H3,(H,27,31)(H,28,29)/b21-14+/t15-,22?/m1/s1. The lowest BCUT2D eigenvalue weighted by molar-refractivity contribution is -0.126. The smallest absolute Gasteiger partial charge is 0.234 e. The van der Waals surface area contributed by atoms with E-state index in [4.69, 9.17) is 16.3 Å². The third-order valence-corrected chi connectivity index (χ3v) is 7.65. The summed E-state index contributed by atoms with van der Waals surface area (Å²) >= 11 is 7.96. The van der Waals surface area contributed by atoms with Crippen molar-refractivity contribution in [2.24, 2.45) is 15.4 Å². The zero-order valence-electron chi connectivity index (χ0n) is 20.7. The monoisotopic (exact) mass is 509 g/mol. The van der Waals surface area contributed by atoms with Crippen molar-refractivity contribution in [3.8, 4) is 0 Å². The van der Waals surface area contributed by atoms with Crippen LogP contribution < -0.4 is 10.6 Å². The van der Waals surface area contributed by atoms with Gasteiger partial charge >= 0.3 is 0 Å². The van der Waals surface area contributed by atoms with Gasteiger partial charge in [0.25, 0.3) is 0 Å². The second-order valence-electron chi connectivity index (χ2n) is 9.91. The SMILES string of the molecule is C=NC(=NC1CCOCC1)N/C(=C(\C)Cl)c1cc2c(s1)CN(CC(=O)N[C@H](C)C(C)(C)C)C2O. The molecule has 8 nitrogen and oxygen atoms in total. The lowest BCUT2D eigenvalue weighted by Crippen LogP contribution is -2.45. The van der Waals surface area contributed by atoms with E-state index in [-0.39, 0.29) is 30.0 Å². The fraction of sp³-hybridized carbons (Fsp3) is 0.625. The number of fused-ring (bicyclic) bond motifs is 1. The lowest BCUT2D eigenvalue weighted by atomic mass is 9.88. The van der Waals surface area contributed by atoms with Gasteiger partial charge < -0.3 is 20.5 Å². The van der Waals surface area contributed by atoms with E-state index in [9.17, 15) is 9.90 Å². The van der Waals surface area contributed by atoms with E-state index in [0.717, 1.165) is 28.2 Å². The molecule has 0 aromatic carbocycles. The summed E-state index contributed by atoms with van der Waals surface area (Å²) in [7, 11) is 0. The molecule has 0 spiro atoms. The highest BCUT2D eigenvalue weighted by atomic mass is 35.5. The summed E-state index contributed by atoms with van der Waals surface area (Å²) in [6, 6.07) is 2.08. The topological polar surface area (TPSA) is 98.6 Å². The zero-order valence-corrected chi connectivity index (χ0v) is 22.2. The first-order chi connectivity index (χ1) is 16.0. The average Bonchev–Trinajstić information content (AvgIpc) is 3.29. The number of rotatable bonds is 6. The van der Waals surface area contributed by atoms with Gasteiger partial charge in [-0.3, -0.25) is 9.69 Å². The van der Waals surface area contributed by atoms with Crippen LogP contribution in [0.2, 0.25) is 0 Å². The second kappa shape index (κ2) is 11.3. The summed E-state index contributed by atoms with van der Waals surface area (Å²) in [5.41, 5.74) is 1.45. The van der Waals surface area contributed by atoms with Crippen LogP contribution in [0.5, 0.6) is 0 Å². The van der Waals surface area contributed by atoms with E-state index in [0.29, 0.717) is 36.4 Å². The molecule has 0 radical (unpaired) electrons. The molecule has 3 N–H and O–H groups in total. The molecule has 188 valence electrons. The first kappa shape index (κ1) is 26.8. The third-order valence-electron chi connectivity index (χ3n) is 6.31. The number of carbonyl (C=O) groups excluding carboxylic acids is 1. The molecule has 0 bridgehead atoms. The van der Waals surface area contributed by atoms with Crippen LogP contribution in [0.15, 0.2) is 21.1 Å². The number of halogens is 1. The van der Waals surface area contributed by atoms with Crippen molar-refractivity contribution in [1.82, 2.24) is 15.5 Å². The van der Waals surface area contributed by atoms with Crippen LogP contribution in [0.3, 0.4) is 0 Å². The predicted octanol–water partition coefficient (Wildman–Crippen LogP) is 3.86. The quantitative estimate of drug-likeness (QED) is 0.399. The van der Waals surface area contributed by atoms with Crippen LogP contribution in [-0.4, -0.2) is 60.4 Å². The van der Waals surface area contributed by atoms with E-state index in [1.54, 1.807) is 11.8 Å². The molecule has 1 saturated heterocycles. The summed E-state index contributed by atoms with van der Waals surface area (Å²) in [4.78, 5) is 24.9. The van der Waals surface area contributed by atoms with Gasteiger partial charge in [0, 0.05) is 41.3 Å². The number of amides is 1. The summed E-state index contributed by atoms with van der Waals surface area (Å²) in [5.74, 6) is 0.323. The number of aliphatic hydroxyl groups excluding tert-OH is 1. The minimum absolute atomic E-state index is 0.0290. The van der Waals surface area contributed by atoms with Crippen LogP contribution in [0.1, 0.15) is 69.0 Å². The molecular formula is C24H36ClN5O3S. The summed E-state index contributed by atoms with van der Waals surface area (Å²) in [6.45, 7) is 15.7. The van der Waals surface area contributed by atoms with Gasteiger partial charge in [0.1, 0.15) is 6.23 Å². The Bertz CT molecular complexity index is 958. The normalized spacial score (nSPS) is 21.6. The highest BCUT2D eigenvalue weighted by Gasteiger charge is 2.33. The van der Waals surface area contributed by atoms with Gasteiger partial charge in [-0.1, -0.05) is 32.4 Å². The highest BCUT2D eigenvalue weighted by molar-refractivity contribution is 7.13. The Hall–Kier alpha value is -1.78. The molecule has 34 heavy (non-hydrogen) atoms. The van der Waals surface area contributed by atoms with Gasteiger partial charge in [0.05, 0.1) is 23.2 Å². The molecule has 0 saturated carbocycles. The van der Waals surface area contributed by atoms with E-state index < -0.39 is 6.23 Å². The number of guanidine groups is 1. The number of aliphatic imine (C=N–C) groups is 2. The van der Waals surface area contributed by atoms with E-state index in [2.05, 4.69) is 48.1 Å². The molecular weight excluding hydrogens is 474 g/mol. The van der Waals surface area contributed by atoms with Gasteiger partial charge in [0.15, 0.2) is 0 Å². The van der Waals surface area contributed by atoms with Crippen molar-refractivity contribution in [2.45, 2.75) is 72.3 Å². The molecule has 10 heteroatoms. The van der Waals surface area contributed by atoms with Crippen molar-refractivity contribution in [3.63, 3.8) is 0 Å². The lowest BCUT2D eigenvalue weighted by Gasteiger charge is -2.29. The minimum atomic E-state index is -0.847. The molecule has 1 unspecified atom stereocenters. The predicted molar refractivity (Wildman–Crippen MR) is 139 cm³/mol. The largest absolute Gasteiger partial charge is 0.381 e. The molecule has 1 amide bonds. The number of allylic oxidation sites excluding steroid dienone is 1. The van der Waals surface area contributed by atoms with E-state index >= 15 is 0 Å². The van der Waals surface area contributed by atoms with Crippen molar-refractivity contribution >= 4 is 47.2 Å². The molecule has 2 aliphatic rings. The number of aliphatic hydroxyl groups is 1. The van der Waals surface area contributed by atoms with Gasteiger partial charge in [-0.25, -0.2) is 9.98 Å². The van der Waals surface area contributed by atoms with E-state index in [1.165, 1.54) is 11.3 Å². The summed E-state index contributed by atoms with van der Waals surface area (Å²) < 4.78 is 5.40. The number of nitrogens with one attached hydrogen (secondary N) is 2. The van der Waals surface area contributed by atoms with Crippen LogP contribution >= 0.6 is 22.9 Å². The Morgan fingerprint density at radius 2 is 2.09 bits per heavy atom. The number of hydrogen-bond donors (Lipinski definition) is 3. The van der Waals surface area contributed by atoms with Crippen LogP contribution in [0.25, 0.3) is 5.70 Å². The van der Waals surface area contributed by atoms with Crippen molar-refractivity contribution < 1.29 is 14.6 Å². The molecule has 1 fully saturated rings. The van der Waals surface area contributed by atoms with Crippen LogP contribution in [-0.2, 0) is 16.1 Å². The van der Waals surface area contributed by atoms with Gasteiger partial charge in [-0.2, -0.15) is 0 Å². The van der Waals surface area contributed by atoms with Crippen molar-refractivity contribution in [1.29, 1.82) is 0 Å². The number of ether oxygens (including phenoxy) is 1. The van der Waals surface area contributed by atoms with Gasteiger partial charge in [-0.05, 0) is 44.9 Å². The Morgan fingerprint density at radius 3 is 2.65 bits per heavy atom. The maximum absolute atomic E-state index is 12.5.